The van der Waals surface area contributed by atoms with Gasteiger partial charge in [-0.15, -0.1) is 0 Å². The molecule has 0 spiro atoms. The Morgan fingerprint density at radius 2 is 1.66 bits per heavy atom. The number of halogens is 1. The van der Waals surface area contributed by atoms with Crippen LogP contribution in [0.4, 0.5) is 0 Å². The Bertz CT molecular complexity index is 1550. The lowest BCUT2D eigenvalue weighted by molar-refractivity contribution is -0.136. The van der Waals surface area contributed by atoms with Gasteiger partial charge in [0.15, 0.2) is 11.5 Å². The molecule has 3 aromatic rings. The number of benzene rings is 3. The Kier molecular flexibility index (Phi) is 12.5. The van der Waals surface area contributed by atoms with Gasteiger partial charge >= 0.3 is 0 Å². The zero-order valence-electron chi connectivity index (χ0n) is 27.0. The van der Waals surface area contributed by atoms with Crippen LogP contribution >= 0.6 is 11.6 Å². The Balaban J connectivity index is 1.49. The summed E-state index contributed by atoms with van der Waals surface area (Å²) in [5.74, 6) is -0.0699. The second-order valence-electron chi connectivity index (χ2n) is 11.8. The van der Waals surface area contributed by atoms with E-state index < -0.39 is 42.3 Å². The van der Waals surface area contributed by atoms with Crippen LogP contribution in [0.5, 0.6) is 23.0 Å². The molecule has 0 aromatic heterocycles. The second kappa shape index (κ2) is 16.7. The van der Waals surface area contributed by atoms with Gasteiger partial charge in [-0.05, 0) is 67.8 Å². The molecule has 1 aliphatic heterocycles. The summed E-state index contributed by atoms with van der Waals surface area (Å²) < 4.78 is 17.8. The van der Waals surface area contributed by atoms with Crippen LogP contribution in [0.1, 0.15) is 44.0 Å². The molecule has 0 saturated carbocycles. The molecule has 0 bridgehead atoms. The summed E-state index contributed by atoms with van der Waals surface area (Å²) >= 11 is 5.98. The molecule has 0 fully saturated rings. The largest absolute Gasteiger partial charge is 0.491 e. The maximum atomic E-state index is 13.6. The van der Waals surface area contributed by atoms with Gasteiger partial charge in [0.25, 0.3) is 5.91 Å². The highest BCUT2D eigenvalue weighted by Gasteiger charge is 2.30. The van der Waals surface area contributed by atoms with Crippen molar-refractivity contribution >= 4 is 35.2 Å². The molecule has 0 saturated heterocycles. The van der Waals surface area contributed by atoms with Crippen molar-refractivity contribution in [3.05, 3.63) is 83.4 Å². The summed E-state index contributed by atoms with van der Waals surface area (Å²) in [4.78, 5) is 55.0. The van der Waals surface area contributed by atoms with Gasteiger partial charge in [0.05, 0.1) is 24.6 Å². The quantitative estimate of drug-likeness (QED) is 0.305. The molecule has 0 unspecified atom stereocenters. The Morgan fingerprint density at radius 1 is 0.979 bits per heavy atom. The topological polar surface area (TPSA) is 135 Å². The van der Waals surface area contributed by atoms with Crippen LogP contribution in [-0.2, 0) is 14.4 Å². The first kappa shape index (κ1) is 35.1. The van der Waals surface area contributed by atoms with E-state index in [-0.39, 0.29) is 37.1 Å². The lowest BCUT2D eigenvalue weighted by Crippen LogP contribution is -2.54. The van der Waals surface area contributed by atoms with Crippen LogP contribution in [0.25, 0.3) is 0 Å². The Morgan fingerprint density at radius 3 is 2.38 bits per heavy atom. The highest BCUT2D eigenvalue weighted by Crippen LogP contribution is 2.32. The van der Waals surface area contributed by atoms with Gasteiger partial charge in [-0.3, -0.25) is 19.2 Å². The van der Waals surface area contributed by atoms with Crippen molar-refractivity contribution in [2.45, 2.75) is 51.7 Å². The minimum atomic E-state index is -1.26. The van der Waals surface area contributed by atoms with Crippen molar-refractivity contribution in [1.29, 1.82) is 0 Å². The monoisotopic (exact) mass is 664 g/mol. The number of hydrogen-bond acceptors (Lipinski definition) is 7. The van der Waals surface area contributed by atoms with Gasteiger partial charge in [-0.1, -0.05) is 49.7 Å². The number of amides is 4. The molecule has 1 heterocycles. The molecule has 3 N–H and O–H groups in total. The first-order chi connectivity index (χ1) is 22.5. The molecule has 3 aromatic carbocycles. The SMILES string of the molecule is CC(C)C[C@H]1NC(=O)C[C@@H](C(=O)N[C@H](C)COc2ccccc2Oc2ccc(Cl)cc2)NC(=O)c2ccccc2OCCN(C)C1=O. The summed E-state index contributed by atoms with van der Waals surface area (Å²) in [5.41, 5.74) is 0.197. The van der Waals surface area contributed by atoms with E-state index in [1.54, 1.807) is 80.7 Å². The predicted octanol–water partition coefficient (Wildman–Crippen LogP) is 4.59. The van der Waals surface area contributed by atoms with Crippen LogP contribution in [0.15, 0.2) is 72.8 Å². The number of rotatable bonds is 9. The van der Waals surface area contributed by atoms with Gasteiger partial charge in [0.1, 0.15) is 36.8 Å². The maximum absolute atomic E-state index is 13.6. The third-order valence-corrected chi connectivity index (χ3v) is 7.56. The Hall–Kier alpha value is -4.77. The summed E-state index contributed by atoms with van der Waals surface area (Å²) in [6, 6.07) is 18.0. The van der Waals surface area contributed by atoms with Crippen LogP contribution in [0.2, 0.25) is 5.02 Å². The number of para-hydroxylation sites is 3. The first-order valence-corrected chi connectivity index (χ1v) is 15.9. The normalized spacial score (nSPS) is 18.2. The summed E-state index contributed by atoms with van der Waals surface area (Å²) in [5, 5.41) is 8.90. The maximum Gasteiger partial charge on any atom is 0.255 e. The molecule has 0 radical (unpaired) electrons. The molecular weight excluding hydrogens is 624 g/mol. The highest BCUT2D eigenvalue weighted by atomic mass is 35.5. The highest BCUT2D eigenvalue weighted by molar-refractivity contribution is 6.30. The number of fused-ring (bicyclic) bond motifs is 1. The van der Waals surface area contributed by atoms with Gasteiger partial charge in [0, 0.05) is 12.1 Å². The smallest absolute Gasteiger partial charge is 0.255 e. The molecule has 3 atom stereocenters. The lowest BCUT2D eigenvalue weighted by atomic mass is 10.0. The lowest BCUT2D eigenvalue weighted by Gasteiger charge is -2.27. The third kappa shape index (κ3) is 10.4. The van der Waals surface area contributed by atoms with Crippen molar-refractivity contribution in [3.8, 4) is 23.0 Å². The Labute approximate surface area is 279 Å². The average molecular weight is 665 g/mol. The number of carbonyl (C=O) groups is 4. The van der Waals surface area contributed by atoms with E-state index in [4.69, 9.17) is 25.8 Å². The fourth-order valence-corrected chi connectivity index (χ4v) is 5.03. The molecule has 1 aliphatic rings. The number of ether oxygens (including phenoxy) is 3. The van der Waals surface area contributed by atoms with E-state index in [0.29, 0.717) is 34.4 Å². The van der Waals surface area contributed by atoms with Crippen LogP contribution in [0, 0.1) is 5.92 Å². The van der Waals surface area contributed by atoms with Gasteiger partial charge in [-0.2, -0.15) is 0 Å². The van der Waals surface area contributed by atoms with E-state index in [1.165, 1.54) is 4.90 Å². The first-order valence-electron chi connectivity index (χ1n) is 15.5. The fraction of sp³-hybridized carbons (Fsp3) is 0.371. The fourth-order valence-electron chi connectivity index (χ4n) is 4.91. The zero-order valence-corrected chi connectivity index (χ0v) is 27.7. The van der Waals surface area contributed by atoms with Crippen molar-refractivity contribution in [1.82, 2.24) is 20.9 Å². The van der Waals surface area contributed by atoms with Gasteiger partial charge in [0.2, 0.25) is 17.7 Å². The molecule has 11 nitrogen and oxygen atoms in total. The van der Waals surface area contributed by atoms with Gasteiger partial charge in [-0.25, -0.2) is 0 Å². The molecule has 0 aliphatic carbocycles. The van der Waals surface area contributed by atoms with Crippen LogP contribution in [-0.4, -0.2) is 73.5 Å². The van der Waals surface area contributed by atoms with Crippen molar-refractivity contribution in [2.24, 2.45) is 5.92 Å². The van der Waals surface area contributed by atoms with E-state index in [1.807, 2.05) is 19.9 Å². The summed E-state index contributed by atoms with van der Waals surface area (Å²) in [6.45, 7) is 6.08. The van der Waals surface area contributed by atoms with Crippen LogP contribution in [0.3, 0.4) is 0 Å². The molecule has 12 heteroatoms. The van der Waals surface area contributed by atoms with E-state index in [2.05, 4.69) is 16.0 Å². The van der Waals surface area contributed by atoms with E-state index >= 15 is 0 Å². The van der Waals surface area contributed by atoms with Crippen molar-refractivity contribution in [2.75, 3.05) is 26.8 Å². The number of hydrogen-bond donors (Lipinski definition) is 3. The number of nitrogens with one attached hydrogen (secondary N) is 3. The summed E-state index contributed by atoms with van der Waals surface area (Å²) in [7, 11) is 1.64. The number of nitrogens with zero attached hydrogens (tertiary/aromatic N) is 1. The summed E-state index contributed by atoms with van der Waals surface area (Å²) in [6.07, 6.45) is 0.0108. The number of carbonyl (C=O) groups excluding carboxylic acids is 4. The number of likely N-dealkylation sites (N-methyl/N-ethyl adjacent to an activating group) is 1. The van der Waals surface area contributed by atoms with Gasteiger partial charge < -0.3 is 35.1 Å². The van der Waals surface area contributed by atoms with Crippen LogP contribution < -0.4 is 30.2 Å². The molecular formula is C35H41ClN4O7. The van der Waals surface area contributed by atoms with E-state index in [0.717, 1.165) is 0 Å². The predicted molar refractivity (Wildman–Crippen MR) is 178 cm³/mol. The average Bonchev–Trinajstić information content (AvgIpc) is 3.04. The zero-order chi connectivity index (χ0) is 33.9. The second-order valence-corrected chi connectivity index (χ2v) is 12.2. The van der Waals surface area contributed by atoms with E-state index in [9.17, 15) is 19.2 Å². The molecule has 47 heavy (non-hydrogen) atoms. The minimum absolute atomic E-state index is 0.0631. The third-order valence-electron chi connectivity index (χ3n) is 7.31. The van der Waals surface area contributed by atoms with Crippen molar-refractivity contribution < 1.29 is 33.4 Å². The molecule has 250 valence electrons. The van der Waals surface area contributed by atoms with Crippen molar-refractivity contribution in [3.63, 3.8) is 0 Å². The molecule has 4 rings (SSSR count). The standard InChI is InChI=1S/C35H41ClN4O7/c1-22(2)19-28-35(44)40(4)17-18-45-29-10-6-5-9-26(29)33(42)39-27(20-32(41)38-28)34(43)37-23(3)21-46-30-11-7-8-12-31(30)47-25-15-13-24(36)14-16-25/h5-16,22-23,27-28H,17-21H2,1-4H3,(H,37,43)(H,38,41)(H,39,42)/t23-,27+,28-/m1/s1. The minimum Gasteiger partial charge on any atom is -0.491 e. The molecule has 4 amide bonds.